The molecule has 0 spiro atoms. The minimum atomic E-state index is -0.467. The van der Waals surface area contributed by atoms with Crippen LogP contribution in [-0.2, 0) is 6.54 Å². The van der Waals surface area contributed by atoms with Crippen LogP contribution in [0.2, 0.25) is 0 Å². The number of halogens is 1. The van der Waals surface area contributed by atoms with E-state index in [4.69, 9.17) is 0 Å². The van der Waals surface area contributed by atoms with Gasteiger partial charge in [0.05, 0.1) is 17.8 Å². The van der Waals surface area contributed by atoms with Gasteiger partial charge in [-0.3, -0.25) is 19.5 Å². The first-order valence-electron chi connectivity index (χ1n) is 5.01. The van der Waals surface area contributed by atoms with Crippen LogP contribution in [0.15, 0.2) is 46.1 Å². The van der Waals surface area contributed by atoms with Gasteiger partial charge in [0.1, 0.15) is 0 Å². The molecular weight excluding hydrogens is 302 g/mol. The van der Waals surface area contributed by atoms with Gasteiger partial charge in [-0.05, 0) is 11.6 Å². The van der Waals surface area contributed by atoms with Crippen LogP contribution < -0.4 is 5.56 Å². The second kappa shape index (κ2) is 5.09. The first-order valence-corrected chi connectivity index (χ1v) is 5.80. The number of aromatic nitrogens is 2. The Morgan fingerprint density at radius 1 is 1.39 bits per heavy atom. The molecule has 0 bridgehead atoms. The van der Waals surface area contributed by atoms with E-state index < -0.39 is 4.92 Å². The molecule has 92 valence electrons. The average Bonchev–Trinajstić information content (AvgIpc) is 2.34. The molecule has 0 saturated carbocycles. The van der Waals surface area contributed by atoms with Crippen molar-refractivity contribution in [2.45, 2.75) is 6.54 Å². The molecule has 1 heterocycles. The van der Waals surface area contributed by atoms with Crippen molar-refractivity contribution < 1.29 is 4.92 Å². The second-order valence-corrected chi connectivity index (χ2v) is 4.43. The summed E-state index contributed by atoms with van der Waals surface area (Å²) < 4.78 is 2.01. The third kappa shape index (κ3) is 2.62. The lowest BCUT2D eigenvalue weighted by molar-refractivity contribution is -0.384. The molecule has 2 rings (SSSR count). The molecule has 0 aliphatic rings. The summed E-state index contributed by atoms with van der Waals surface area (Å²) in [5, 5.41) is 10.6. The Bertz CT molecular complexity index is 654. The minimum absolute atomic E-state index is 0.00385. The van der Waals surface area contributed by atoms with E-state index in [9.17, 15) is 14.9 Å². The van der Waals surface area contributed by atoms with Gasteiger partial charge < -0.3 is 0 Å². The molecule has 0 amide bonds. The monoisotopic (exact) mass is 309 g/mol. The van der Waals surface area contributed by atoms with E-state index in [1.54, 1.807) is 6.07 Å². The lowest BCUT2D eigenvalue weighted by Crippen LogP contribution is -2.19. The third-order valence-corrected chi connectivity index (χ3v) is 3.12. The first-order chi connectivity index (χ1) is 8.58. The Balaban J connectivity index is 2.33. The largest absolute Gasteiger partial charge is 0.295 e. The van der Waals surface area contributed by atoms with Gasteiger partial charge in [0, 0.05) is 28.9 Å². The maximum absolute atomic E-state index is 11.5. The van der Waals surface area contributed by atoms with Gasteiger partial charge in [-0.15, -0.1) is 0 Å². The van der Waals surface area contributed by atoms with Crippen LogP contribution in [0, 0.1) is 10.1 Å². The Morgan fingerprint density at radius 2 is 2.17 bits per heavy atom. The lowest BCUT2D eigenvalue weighted by Gasteiger charge is -2.06. The quantitative estimate of drug-likeness (QED) is 0.641. The Kier molecular flexibility index (Phi) is 3.52. The highest BCUT2D eigenvalue weighted by Crippen LogP contribution is 2.23. The van der Waals surface area contributed by atoms with E-state index in [0.717, 1.165) is 5.56 Å². The summed E-state index contributed by atoms with van der Waals surface area (Å²) in [6.07, 6.45) is 2.85. The number of non-ortho nitro benzene ring substituents is 1. The van der Waals surface area contributed by atoms with Crippen LogP contribution in [-0.4, -0.2) is 14.5 Å². The molecule has 0 N–H and O–H groups in total. The van der Waals surface area contributed by atoms with Crippen molar-refractivity contribution in [1.29, 1.82) is 0 Å². The number of benzene rings is 1. The molecular formula is C11H8BrN3O3. The molecule has 0 unspecified atom stereocenters. The number of nitrogens with zero attached hydrogens (tertiary/aromatic N) is 3. The molecule has 7 heteroatoms. The molecule has 6 nitrogen and oxygen atoms in total. The van der Waals surface area contributed by atoms with Crippen LogP contribution in [0.1, 0.15) is 5.56 Å². The van der Waals surface area contributed by atoms with Gasteiger partial charge in [-0.25, -0.2) is 4.98 Å². The van der Waals surface area contributed by atoms with E-state index in [2.05, 4.69) is 20.9 Å². The molecule has 0 aliphatic carbocycles. The summed E-state index contributed by atoms with van der Waals surface area (Å²) in [4.78, 5) is 25.5. The van der Waals surface area contributed by atoms with Crippen molar-refractivity contribution in [3.05, 3.63) is 67.3 Å². The van der Waals surface area contributed by atoms with Crippen LogP contribution >= 0.6 is 15.9 Å². The van der Waals surface area contributed by atoms with Gasteiger partial charge in [-0.2, -0.15) is 0 Å². The summed E-state index contributed by atoms with van der Waals surface area (Å²) in [6, 6.07) is 5.79. The molecule has 0 fully saturated rings. The summed E-state index contributed by atoms with van der Waals surface area (Å²) in [7, 11) is 0. The molecule has 2 aromatic rings. The van der Waals surface area contributed by atoms with E-state index in [-0.39, 0.29) is 11.2 Å². The van der Waals surface area contributed by atoms with Crippen LogP contribution in [0.3, 0.4) is 0 Å². The van der Waals surface area contributed by atoms with E-state index in [0.29, 0.717) is 11.0 Å². The zero-order valence-corrected chi connectivity index (χ0v) is 10.7. The van der Waals surface area contributed by atoms with Crippen LogP contribution in [0.5, 0.6) is 0 Å². The summed E-state index contributed by atoms with van der Waals surface area (Å²) in [5.74, 6) is 0. The van der Waals surface area contributed by atoms with E-state index >= 15 is 0 Å². The van der Waals surface area contributed by atoms with Crippen molar-refractivity contribution in [1.82, 2.24) is 9.55 Å². The smallest absolute Gasteiger partial charge is 0.270 e. The zero-order valence-electron chi connectivity index (χ0n) is 9.12. The summed E-state index contributed by atoms with van der Waals surface area (Å²) >= 11 is 3.26. The predicted molar refractivity (Wildman–Crippen MR) is 68.4 cm³/mol. The Morgan fingerprint density at radius 3 is 2.78 bits per heavy atom. The standard InChI is InChI=1S/C11H8BrN3O3/c12-10-5-9(15(17)18)2-1-8(10)6-14-7-13-4-3-11(14)16/h1-5,7H,6H2. The van der Waals surface area contributed by atoms with Gasteiger partial charge >= 0.3 is 0 Å². The second-order valence-electron chi connectivity index (χ2n) is 3.58. The third-order valence-electron chi connectivity index (χ3n) is 2.38. The van der Waals surface area contributed by atoms with Crippen molar-refractivity contribution in [3.8, 4) is 0 Å². The van der Waals surface area contributed by atoms with Gasteiger partial charge in [0.15, 0.2) is 0 Å². The average molecular weight is 310 g/mol. The fraction of sp³-hybridized carbons (Fsp3) is 0.0909. The zero-order chi connectivity index (χ0) is 13.1. The van der Waals surface area contributed by atoms with Crippen LogP contribution in [0.4, 0.5) is 5.69 Å². The SMILES string of the molecule is O=c1ccncn1Cc1ccc([N+](=O)[O-])cc1Br. The predicted octanol–water partition coefficient (Wildman–Crippen LogP) is 1.96. The van der Waals surface area contributed by atoms with E-state index in [1.807, 2.05) is 0 Å². The number of hydrogen-bond donors (Lipinski definition) is 0. The maximum Gasteiger partial charge on any atom is 0.270 e. The Hall–Kier alpha value is -2.02. The van der Waals surface area contributed by atoms with Crippen molar-refractivity contribution in [2.75, 3.05) is 0 Å². The van der Waals surface area contributed by atoms with Crippen molar-refractivity contribution in [2.24, 2.45) is 0 Å². The highest BCUT2D eigenvalue weighted by Gasteiger charge is 2.09. The minimum Gasteiger partial charge on any atom is -0.295 e. The Labute approximate surface area is 110 Å². The first kappa shape index (κ1) is 12.4. The number of nitro groups is 1. The van der Waals surface area contributed by atoms with Crippen LogP contribution in [0.25, 0.3) is 0 Å². The molecule has 1 aromatic carbocycles. The highest BCUT2D eigenvalue weighted by atomic mass is 79.9. The van der Waals surface area contributed by atoms with Crippen molar-refractivity contribution >= 4 is 21.6 Å². The molecule has 0 radical (unpaired) electrons. The fourth-order valence-electron chi connectivity index (χ4n) is 1.46. The normalized spacial score (nSPS) is 10.3. The van der Waals surface area contributed by atoms with Crippen molar-refractivity contribution in [3.63, 3.8) is 0 Å². The topological polar surface area (TPSA) is 78.0 Å². The lowest BCUT2D eigenvalue weighted by atomic mass is 10.2. The number of rotatable bonds is 3. The van der Waals surface area contributed by atoms with Gasteiger partial charge in [-0.1, -0.05) is 15.9 Å². The molecule has 0 saturated heterocycles. The number of nitro benzene ring substituents is 1. The van der Waals surface area contributed by atoms with E-state index in [1.165, 1.54) is 35.3 Å². The fourth-order valence-corrected chi connectivity index (χ4v) is 1.95. The summed E-state index contributed by atoms with van der Waals surface area (Å²) in [5.41, 5.74) is 0.607. The molecule has 18 heavy (non-hydrogen) atoms. The maximum atomic E-state index is 11.5. The highest BCUT2D eigenvalue weighted by molar-refractivity contribution is 9.10. The molecule has 1 aromatic heterocycles. The van der Waals surface area contributed by atoms with Gasteiger partial charge in [0.2, 0.25) is 0 Å². The molecule has 0 atom stereocenters. The molecule has 0 aliphatic heterocycles. The van der Waals surface area contributed by atoms with Gasteiger partial charge in [0.25, 0.3) is 11.2 Å². The number of hydrogen-bond acceptors (Lipinski definition) is 4. The summed E-state index contributed by atoms with van der Waals surface area (Å²) in [6.45, 7) is 0.311.